The maximum Gasteiger partial charge on any atom is 0.338 e. The van der Waals surface area contributed by atoms with E-state index in [1.807, 2.05) is 26.8 Å². The molecule has 0 aliphatic heterocycles. The number of carbonyl (C=O) groups excluding carboxylic acids is 1. The fourth-order valence-corrected chi connectivity index (χ4v) is 1.77. The Bertz CT molecular complexity index is 416. The summed E-state index contributed by atoms with van der Waals surface area (Å²) in [7, 11) is 1.57. The topological polar surface area (TPSA) is 44.8 Å². The molecule has 0 atom stereocenters. The molecule has 0 bridgehead atoms. The first kappa shape index (κ1) is 20.5. The molecule has 22 heavy (non-hydrogen) atoms. The van der Waals surface area contributed by atoms with Crippen molar-refractivity contribution in [3.8, 4) is 5.75 Å². The van der Waals surface area contributed by atoms with Crippen molar-refractivity contribution in [1.29, 1.82) is 0 Å². The van der Waals surface area contributed by atoms with Gasteiger partial charge in [-0.2, -0.15) is 0 Å². The fraction of sp³-hybridized carbons (Fsp3) is 0.611. The molecule has 4 nitrogen and oxygen atoms in total. The van der Waals surface area contributed by atoms with E-state index in [2.05, 4.69) is 6.92 Å². The van der Waals surface area contributed by atoms with Gasteiger partial charge in [-0.25, -0.2) is 4.79 Å². The molecule has 0 aliphatic carbocycles. The minimum absolute atomic E-state index is 0.268. The Morgan fingerprint density at radius 2 is 1.82 bits per heavy atom. The summed E-state index contributed by atoms with van der Waals surface area (Å²) in [6.45, 7) is 9.48. The maximum absolute atomic E-state index is 11.8. The van der Waals surface area contributed by atoms with Crippen molar-refractivity contribution in [3.05, 3.63) is 29.3 Å². The van der Waals surface area contributed by atoms with Crippen molar-refractivity contribution in [1.82, 2.24) is 0 Å². The number of unbranched alkanes of at least 4 members (excludes halogenated alkanes) is 2. The lowest BCUT2D eigenvalue weighted by molar-refractivity contribution is 0.0388. The van der Waals surface area contributed by atoms with Crippen molar-refractivity contribution >= 4 is 5.97 Å². The van der Waals surface area contributed by atoms with Crippen LogP contribution in [0.15, 0.2) is 18.2 Å². The number of hydrogen-bond acceptors (Lipinski definition) is 4. The molecule has 0 heterocycles. The van der Waals surface area contributed by atoms with Gasteiger partial charge in [-0.3, -0.25) is 0 Å². The third-order valence-electron chi connectivity index (χ3n) is 2.94. The van der Waals surface area contributed by atoms with Crippen LogP contribution in [-0.2, 0) is 9.47 Å². The molecule has 1 rings (SSSR count). The Morgan fingerprint density at radius 1 is 1.09 bits per heavy atom. The molecular weight excluding hydrogens is 280 g/mol. The van der Waals surface area contributed by atoms with Crippen molar-refractivity contribution in [2.75, 3.05) is 26.9 Å². The van der Waals surface area contributed by atoms with Crippen molar-refractivity contribution in [3.63, 3.8) is 0 Å². The van der Waals surface area contributed by atoms with E-state index in [0.29, 0.717) is 18.8 Å². The van der Waals surface area contributed by atoms with Crippen LogP contribution in [0.25, 0.3) is 0 Å². The van der Waals surface area contributed by atoms with Gasteiger partial charge in [0.1, 0.15) is 12.4 Å². The molecule has 1 aromatic carbocycles. The Hall–Kier alpha value is -1.55. The molecule has 0 N–H and O–H groups in total. The molecule has 0 fully saturated rings. The van der Waals surface area contributed by atoms with Gasteiger partial charge < -0.3 is 14.2 Å². The quantitative estimate of drug-likeness (QED) is 0.501. The van der Waals surface area contributed by atoms with E-state index in [4.69, 9.17) is 14.2 Å². The van der Waals surface area contributed by atoms with Crippen LogP contribution in [0.3, 0.4) is 0 Å². The lowest BCUT2D eigenvalue weighted by Gasteiger charge is -2.10. The fourth-order valence-electron chi connectivity index (χ4n) is 1.77. The van der Waals surface area contributed by atoms with Crippen LogP contribution in [0.4, 0.5) is 0 Å². The minimum Gasteiger partial charge on any atom is -0.493 e. The van der Waals surface area contributed by atoms with Gasteiger partial charge >= 0.3 is 5.97 Å². The predicted octanol–water partition coefficient (Wildman–Crippen LogP) is 4.39. The van der Waals surface area contributed by atoms with Gasteiger partial charge in [0.25, 0.3) is 0 Å². The van der Waals surface area contributed by atoms with Gasteiger partial charge in [-0.15, -0.1) is 0 Å². The summed E-state index contributed by atoms with van der Waals surface area (Å²) in [5.74, 6) is 0.497. The minimum atomic E-state index is -0.331. The lowest BCUT2D eigenvalue weighted by atomic mass is 10.1. The number of carbonyl (C=O) groups is 1. The third-order valence-corrected chi connectivity index (χ3v) is 2.94. The maximum atomic E-state index is 11.8. The largest absolute Gasteiger partial charge is 0.493 e. The number of methoxy groups -OCH3 is 1. The summed E-state index contributed by atoms with van der Waals surface area (Å²) < 4.78 is 15.6. The number of rotatable bonds is 9. The summed E-state index contributed by atoms with van der Waals surface area (Å²) in [6, 6.07) is 5.36. The molecule has 0 aromatic heterocycles. The van der Waals surface area contributed by atoms with Crippen LogP contribution in [0.5, 0.6) is 5.75 Å². The SMILES string of the molecule is CC.CCCCCOc1ccc(C(=O)OCCOC)cc1C. The smallest absolute Gasteiger partial charge is 0.338 e. The van der Waals surface area contributed by atoms with Crippen LogP contribution in [-0.4, -0.2) is 32.9 Å². The van der Waals surface area contributed by atoms with Crippen LogP contribution < -0.4 is 4.74 Å². The van der Waals surface area contributed by atoms with Gasteiger partial charge in [0.05, 0.1) is 18.8 Å². The zero-order chi connectivity index (χ0) is 16.8. The van der Waals surface area contributed by atoms with Crippen molar-refractivity contribution in [2.24, 2.45) is 0 Å². The number of benzene rings is 1. The highest BCUT2D eigenvalue weighted by Crippen LogP contribution is 2.20. The van der Waals surface area contributed by atoms with E-state index >= 15 is 0 Å². The van der Waals surface area contributed by atoms with Gasteiger partial charge in [-0.05, 0) is 37.1 Å². The molecule has 0 aliphatic rings. The van der Waals surface area contributed by atoms with E-state index in [1.165, 1.54) is 12.8 Å². The van der Waals surface area contributed by atoms with Crippen LogP contribution in [0.1, 0.15) is 56.0 Å². The van der Waals surface area contributed by atoms with Crippen molar-refractivity contribution in [2.45, 2.75) is 47.0 Å². The molecular formula is C18H30O4. The Labute approximate surface area is 134 Å². The van der Waals surface area contributed by atoms with E-state index in [-0.39, 0.29) is 12.6 Å². The second kappa shape index (κ2) is 13.1. The number of aryl methyl sites for hydroxylation is 1. The standard InChI is InChI=1S/C16H24O4.C2H6/c1-4-5-6-9-19-15-8-7-14(12-13(15)2)16(17)20-11-10-18-3;1-2/h7-8,12H,4-6,9-11H2,1-3H3;1-2H3. The monoisotopic (exact) mass is 310 g/mol. The molecule has 0 spiro atoms. The summed E-state index contributed by atoms with van der Waals surface area (Å²) >= 11 is 0. The summed E-state index contributed by atoms with van der Waals surface area (Å²) in [5.41, 5.74) is 1.49. The van der Waals surface area contributed by atoms with Gasteiger partial charge in [0.2, 0.25) is 0 Å². The van der Waals surface area contributed by atoms with Crippen LogP contribution in [0, 0.1) is 6.92 Å². The molecule has 0 unspecified atom stereocenters. The third kappa shape index (κ3) is 8.03. The Kier molecular flexibility index (Phi) is 12.2. The first-order valence-corrected chi connectivity index (χ1v) is 8.08. The van der Waals surface area contributed by atoms with Gasteiger partial charge in [-0.1, -0.05) is 33.6 Å². The normalized spacial score (nSPS) is 9.68. The predicted molar refractivity (Wildman–Crippen MR) is 89.7 cm³/mol. The summed E-state index contributed by atoms with van der Waals surface area (Å²) in [5, 5.41) is 0. The van der Waals surface area contributed by atoms with E-state index < -0.39 is 0 Å². The highest BCUT2D eigenvalue weighted by atomic mass is 16.6. The first-order valence-electron chi connectivity index (χ1n) is 8.08. The van der Waals surface area contributed by atoms with Gasteiger partial charge in [0.15, 0.2) is 0 Å². The Balaban J connectivity index is 0.00000211. The summed E-state index contributed by atoms with van der Waals surface area (Å²) in [4.78, 5) is 11.8. The van der Waals surface area contributed by atoms with E-state index in [0.717, 1.165) is 17.7 Å². The molecule has 0 saturated heterocycles. The average molecular weight is 310 g/mol. The molecule has 0 amide bonds. The molecule has 4 heteroatoms. The van der Waals surface area contributed by atoms with E-state index in [9.17, 15) is 4.79 Å². The average Bonchev–Trinajstić information content (AvgIpc) is 2.54. The summed E-state index contributed by atoms with van der Waals surface area (Å²) in [6.07, 6.45) is 3.40. The zero-order valence-electron chi connectivity index (χ0n) is 14.6. The van der Waals surface area contributed by atoms with Crippen molar-refractivity contribution < 1.29 is 19.0 Å². The second-order valence-corrected chi connectivity index (χ2v) is 4.66. The molecule has 0 saturated carbocycles. The number of hydrogen-bond donors (Lipinski definition) is 0. The highest BCUT2D eigenvalue weighted by molar-refractivity contribution is 5.89. The van der Waals surface area contributed by atoms with Crippen LogP contribution >= 0.6 is 0 Å². The molecule has 1 aromatic rings. The second-order valence-electron chi connectivity index (χ2n) is 4.66. The number of esters is 1. The molecule has 126 valence electrons. The lowest BCUT2D eigenvalue weighted by Crippen LogP contribution is -2.10. The zero-order valence-corrected chi connectivity index (χ0v) is 14.6. The van der Waals surface area contributed by atoms with Crippen LogP contribution in [0.2, 0.25) is 0 Å². The highest BCUT2D eigenvalue weighted by Gasteiger charge is 2.09. The van der Waals surface area contributed by atoms with Gasteiger partial charge in [0, 0.05) is 7.11 Å². The Morgan fingerprint density at radius 3 is 2.41 bits per heavy atom. The van der Waals surface area contributed by atoms with E-state index in [1.54, 1.807) is 19.2 Å². The number of ether oxygens (including phenoxy) is 3. The first-order chi connectivity index (χ1) is 10.7. The molecule has 0 radical (unpaired) electrons.